The Bertz CT molecular complexity index is 672. The van der Waals surface area contributed by atoms with E-state index in [9.17, 15) is 4.79 Å². The fourth-order valence-electron chi connectivity index (χ4n) is 2.99. The van der Waals surface area contributed by atoms with Gasteiger partial charge in [-0.05, 0) is 37.1 Å². The molecule has 0 spiro atoms. The van der Waals surface area contributed by atoms with E-state index in [1.807, 2.05) is 30.5 Å². The van der Waals surface area contributed by atoms with Crippen molar-refractivity contribution >= 4 is 23.5 Å². The summed E-state index contributed by atoms with van der Waals surface area (Å²) in [6, 6.07) is 7.75. The topological polar surface area (TPSA) is 58.1 Å². The first-order valence-corrected chi connectivity index (χ1v) is 9.42. The standard InChI is InChI=1S/C18H22N4OS/c1-24-16-5-3-2-4-15(16)18(23)21-12-14-6-10-22(11-7-14)17-13-19-8-9-20-17/h2-5,8-9,13-14H,6-7,10-12H2,1H3,(H,21,23). The van der Waals surface area contributed by atoms with Crippen LogP contribution in [0.25, 0.3) is 0 Å². The Balaban J connectivity index is 1.49. The lowest BCUT2D eigenvalue weighted by atomic mass is 9.96. The van der Waals surface area contributed by atoms with Gasteiger partial charge in [-0.3, -0.25) is 9.78 Å². The first kappa shape index (κ1) is 16.8. The van der Waals surface area contributed by atoms with Crippen LogP contribution in [-0.2, 0) is 0 Å². The Morgan fingerprint density at radius 2 is 2.08 bits per heavy atom. The summed E-state index contributed by atoms with van der Waals surface area (Å²) in [6.45, 7) is 2.65. The molecule has 2 heterocycles. The number of nitrogens with one attached hydrogen (secondary N) is 1. The smallest absolute Gasteiger partial charge is 0.252 e. The lowest BCUT2D eigenvalue weighted by molar-refractivity contribution is 0.0942. The van der Waals surface area contributed by atoms with Crippen LogP contribution in [0.1, 0.15) is 23.2 Å². The number of hydrogen-bond donors (Lipinski definition) is 1. The zero-order chi connectivity index (χ0) is 16.8. The first-order chi connectivity index (χ1) is 11.8. The van der Waals surface area contributed by atoms with Crippen molar-refractivity contribution < 1.29 is 4.79 Å². The minimum absolute atomic E-state index is 0.0244. The molecule has 1 aromatic heterocycles. The molecule has 24 heavy (non-hydrogen) atoms. The lowest BCUT2D eigenvalue weighted by Crippen LogP contribution is -2.39. The van der Waals surface area contributed by atoms with Crippen LogP contribution in [0.5, 0.6) is 0 Å². The minimum atomic E-state index is 0.0244. The second kappa shape index (κ2) is 8.15. The quantitative estimate of drug-likeness (QED) is 0.847. The highest BCUT2D eigenvalue weighted by Crippen LogP contribution is 2.22. The van der Waals surface area contributed by atoms with Gasteiger partial charge in [-0.25, -0.2) is 4.98 Å². The monoisotopic (exact) mass is 342 g/mol. The van der Waals surface area contributed by atoms with E-state index in [1.165, 1.54) is 0 Å². The maximum atomic E-state index is 12.4. The molecule has 0 atom stereocenters. The van der Waals surface area contributed by atoms with Crippen LogP contribution in [0.4, 0.5) is 5.82 Å². The highest BCUT2D eigenvalue weighted by Gasteiger charge is 2.21. The Hall–Kier alpha value is -2.08. The van der Waals surface area contributed by atoms with Gasteiger partial charge in [-0.1, -0.05) is 12.1 Å². The predicted molar refractivity (Wildman–Crippen MR) is 97.5 cm³/mol. The van der Waals surface area contributed by atoms with E-state index in [1.54, 1.807) is 30.4 Å². The van der Waals surface area contributed by atoms with E-state index >= 15 is 0 Å². The Morgan fingerprint density at radius 3 is 2.79 bits per heavy atom. The van der Waals surface area contributed by atoms with Crippen molar-refractivity contribution in [3.63, 3.8) is 0 Å². The second-order valence-electron chi connectivity index (χ2n) is 5.90. The summed E-state index contributed by atoms with van der Waals surface area (Å²) < 4.78 is 0. The van der Waals surface area contributed by atoms with Gasteiger partial charge in [0.05, 0.1) is 11.8 Å². The summed E-state index contributed by atoms with van der Waals surface area (Å²) in [6.07, 6.45) is 9.33. The van der Waals surface area contributed by atoms with E-state index in [-0.39, 0.29) is 5.91 Å². The highest BCUT2D eigenvalue weighted by molar-refractivity contribution is 7.98. The number of rotatable bonds is 5. The molecular weight excluding hydrogens is 320 g/mol. The molecule has 0 unspecified atom stereocenters. The van der Waals surface area contributed by atoms with Gasteiger partial charge < -0.3 is 10.2 Å². The number of hydrogen-bond acceptors (Lipinski definition) is 5. The Labute approximate surface area is 146 Å². The highest BCUT2D eigenvalue weighted by atomic mass is 32.2. The number of piperidine rings is 1. The van der Waals surface area contributed by atoms with E-state index < -0.39 is 0 Å². The fraction of sp³-hybridized carbons (Fsp3) is 0.389. The van der Waals surface area contributed by atoms with Gasteiger partial charge in [0, 0.05) is 36.9 Å². The number of benzene rings is 1. The Morgan fingerprint density at radius 1 is 1.29 bits per heavy atom. The molecule has 0 bridgehead atoms. The third kappa shape index (κ3) is 4.06. The number of carbonyl (C=O) groups excluding carboxylic acids is 1. The average molecular weight is 342 g/mol. The van der Waals surface area contributed by atoms with E-state index in [4.69, 9.17) is 0 Å². The van der Waals surface area contributed by atoms with Crippen LogP contribution < -0.4 is 10.2 Å². The van der Waals surface area contributed by atoms with Crippen molar-refractivity contribution in [3.8, 4) is 0 Å². The molecule has 1 aliphatic rings. The number of nitrogens with zero attached hydrogens (tertiary/aromatic N) is 3. The van der Waals surface area contributed by atoms with Crippen LogP contribution in [0.15, 0.2) is 47.8 Å². The number of amides is 1. The predicted octanol–water partition coefficient (Wildman–Crippen LogP) is 2.84. The summed E-state index contributed by atoms with van der Waals surface area (Å²) in [5.41, 5.74) is 0.766. The molecule has 2 aromatic rings. The van der Waals surface area contributed by atoms with Crippen molar-refractivity contribution in [3.05, 3.63) is 48.4 Å². The molecule has 3 rings (SSSR count). The first-order valence-electron chi connectivity index (χ1n) is 8.20. The lowest BCUT2D eigenvalue weighted by Gasteiger charge is -2.32. The Kier molecular flexibility index (Phi) is 5.69. The van der Waals surface area contributed by atoms with Crippen molar-refractivity contribution in [2.24, 2.45) is 5.92 Å². The summed E-state index contributed by atoms with van der Waals surface area (Å²) in [4.78, 5) is 24.2. The van der Waals surface area contributed by atoms with Gasteiger partial charge in [0.2, 0.25) is 0 Å². The number of thioether (sulfide) groups is 1. The van der Waals surface area contributed by atoms with Gasteiger partial charge in [-0.2, -0.15) is 0 Å². The molecule has 0 radical (unpaired) electrons. The molecule has 0 aliphatic carbocycles. The summed E-state index contributed by atoms with van der Waals surface area (Å²) >= 11 is 1.60. The van der Waals surface area contributed by atoms with Gasteiger partial charge in [0.25, 0.3) is 5.91 Å². The molecule has 126 valence electrons. The summed E-state index contributed by atoms with van der Waals surface area (Å²) in [5, 5.41) is 3.10. The number of anilines is 1. The second-order valence-corrected chi connectivity index (χ2v) is 6.75. The molecule has 5 nitrogen and oxygen atoms in total. The van der Waals surface area contributed by atoms with Gasteiger partial charge >= 0.3 is 0 Å². The molecule has 6 heteroatoms. The largest absolute Gasteiger partial charge is 0.355 e. The van der Waals surface area contributed by atoms with Crippen molar-refractivity contribution in [1.82, 2.24) is 15.3 Å². The maximum absolute atomic E-state index is 12.4. The van der Waals surface area contributed by atoms with Crippen LogP contribution in [0.3, 0.4) is 0 Å². The van der Waals surface area contributed by atoms with Crippen LogP contribution in [0, 0.1) is 5.92 Å². The molecule has 1 fully saturated rings. The third-order valence-electron chi connectivity index (χ3n) is 4.39. The van der Waals surface area contributed by atoms with E-state index in [0.717, 1.165) is 48.8 Å². The zero-order valence-electron chi connectivity index (χ0n) is 13.8. The summed E-state index contributed by atoms with van der Waals surface area (Å²) in [7, 11) is 0. The van der Waals surface area contributed by atoms with E-state index in [2.05, 4.69) is 20.2 Å². The van der Waals surface area contributed by atoms with Crippen LogP contribution >= 0.6 is 11.8 Å². The molecule has 1 saturated heterocycles. The van der Waals surface area contributed by atoms with E-state index in [0.29, 0.717) is 5.92 Å². The summed E-state index contributed by atoms with van der Waals surface area (Å²) in [5.74, 6) is 1.48. The number of carbonyl (C=O) groups is 1. The van der Waals surface area contributed by atoms with Crippen molar-refractivity contribution in [2.45, 2.75) is 17.7 Å². The molecule has 1 amide bonds. The number of aromatic nitrogens is 2. The van der Waals surface area contributed by atoms with Crippen molar-refractivity contribution in [2.75, 3.05) is 30.8 Å². The van der Waals surface area contributed by atoms with Crippen LogP contribution in [-0.4, -0.2) is 41.8 Å². The normalized spacial score (nSPS) is 15.3. The molecular formula is C18H22N4OS. The van der Waals surface area contributed by atoms with Crippen LogP contribution in [0.2, 0.25) is 0 Å². The van der Waals surface area contributed by atoms with Crippen molar-refractivity contribution in [1.29, 1.82) is 0 Å². The third-order valence-corrected chi connectivity index (χ3v) is 5.19. The SMILES string of the molecule is CSc1ccccc1C(=O)NCC1CCN(c2cnccn2)CC1. The molecule has 1 N–H and O–H groups in total. The minimum Gasteiger partial charge on any atom is -0.355 e. The van der Waals surface area contributed by atoms with Gasteiger partial charge in [-0.15, -0.1) is 11.8 Å². The maximum Gasteiger partial charge on any atom is 0.252 e. The fourth-order valence-corrected chi connectivity index (χ4v) is 3.58. The van der Waals surface area contributed by atoms with Gasteiger partial charge in [0.15, 0.2) is 0 Å². The molecule has 1 aliphatic heterocycles. The van der Waals surface area contributed by atoms with Gasteiger partial charge in [0.1, 0.15) is 5.82 Å². The zero-order valence-corrected chi connectivity index (χ0v) is 14.6. The average Bonchev–Trinajstić information content (AvgIpc) is 2.67. The molecule has 1 aromatic carbocycles. The molecule has 0 saturated carbocycles.